The summed E-state index contributed by atoms with van der Waals surface area (Å²) in [7, 11) is 0. The molecule has 62 heavy (non-hydrogen) atoms. The highest BCUT2D eigenvalue weighted by Gasteiger charge is 2.77. The number of aliphatic hydroxyl groups excluding tert-OH is 2. The number of aliphatic hydroxyl groups is 3. The van der Waals surface area contributed by atoms with E-state index in [-0.39, 0.29) is 37.2 Å². The van der Waals surface area contributed by atoms with Crippen LogP contribution in [-0.2, 0) is 54.2 Å². The summed E-state index contributed by atoms with van der Waals surface area (Å²) in [6, 6.07) is 16.5. The van der Waals surface area contributed by atoms with Crippen LogP contribution in [0.4, 0.5) is 4.79 Å². The van der Waals surface area contributed by atoms with Crippen LogP contribution in [0.25, 0.3) is 0 Å². The van der Waals surface area contributed by atoms with Crippen LogP contribution >= 0.6 is 0 Å². The summed E-state index contributed by atoms with van der Waals surface area (Å²) in [5, 5.41) is 40.0. The summed E-state index contributed by atoms with van der Waals surface area (Å²) in [5.74, 6) is -5.99. The quantitative estimate of drug-likeness (QED) is 0.136. The van der Waals surface area contributed by atoms with Crippen molar-refractivity contribution in [1.29, 1.82) is 0 Å². The first kappa shape index (κ1) is 46.8. The molecule has 15 heteroatoms. The van der Waals surface area contributed by atoms with Crippen molar-refractivity contribution in [1.82, 2.24) is 5.32 Å². The monoisotopic (exact) mass is 863 g/mol. The number of ether oxygens (including phenoxy) is 6. The summed E-state index contributed by atoms with van der Waals surface area (Å²) in [4.78, 5) is 69.6. The van der Waals surface area contributed by atoms with E-state index < -0.39 is 112 Å². The molecule has 6 rings (SSSR count). The Morgan fingerprint density at radius 3 is 2.10 bits per heavy atom. The van der Waals surface area contributed by atoms with E-state index in [2.05, 4.69) is 5.32 Å². The lowest BCUT2D eigenvalue weighted by atomic mass is 9.44. The van der Waals surface area contributed by atoms with Crippen LogP contribution in [0, 0.1) is 22.7 Å². The van der Waals surface area contributed by atoms with Crippen molar-refractivity contribution in [2.75, 3.05) is 6.61 Å². The fourth-order valence-corrected chi connectivity index (χ4v) is 10.4. The molecule has 2 saturated carbocycles. The number of fused-ring (bicyclic) bond motifs is 5. The molecule has 12 atom stereocenters. The van der Waals surface area contributed by atoms with E-state index in [1.54, 1.807) is 71.9 Å². The molecule has 0 spiro atoms. The number of Topliss-reactive ketones (excluding diaryl/α,β-unsaturated/α-hetero) is 1. The SMILES string of the molecule is CC(=O)O[C@H]1C(=O)[C@@]2(C)[C@H]([C@H](OCc3ccccc3)[C@]3(O)C[C@H](OC(=O)[C@H]([C@@H](C)O)[C@@H](NC(=O)OC(C)(C)C)c4ccccc4)C(C)=C1C3(C)C)[C@]1(OC(C)=O)CO[C@@H]1C[C@@H]2O. The van der Waals surface area contributed by atoms with Gasteiger partial charge in [-0.05, 0) is 63.8 Å². The molecule has 4 N–H and O–H groups in total. The molecule has 2 aromatic carbocycles. The van der Waals surface area contributed by atoms with E-state index in [0.29, 0.717) is 11.1 Å². The average molecular weight is 864 g/mol. The molecule has 3 fully saturated rings. The Morgan fingerprint density at radius 2 is 1.56 bits per heavy atom. The van der Waals surface area contributed by atoms with Gasteiger partial charge in [0, 0.05) is 38.0 Å². The summed E-state index contributed by atoms with van der Waals surface area (Å²) in [5.41, 5.74) is -6.47. The van der Waals surface area contributed by atoms with Crippen LogP contribution in [0.15, 0.2) is 71.8 Å². The van der Waals surface area contributed by atoms with Crippen LogP contribution in [0.1, 0.15) is 99.2 Å². The fourth-order valence-electron chi connectivity index (χ4n) is 10.4. The molecule has 0 radical (unpaired) electrons. The zero-order chi connectivity index (χ0) is 45.7. The van der Waals surface area contributed by atoms with Gasteiger partial charge in [0.1, 0.15) is 29.3 Å². The van der Waals surface area contributed by atoms with Crippen molar-refractivity contribution in [2.24, 2.45) is 22.7 Å². The number of nitrogens with one attached hydrogen (secondary N) is 1. The zero-order valence-electron chi connectivity index (χ0n) is 37.1. The third-order valence-electron chi connectivity index (χ3n) is 13.5. The minimum atomic E-state index is -2.15. The van der Waals surface area contributed by atoms with Gasteiger partial charge in [-0.1, -0.05) is 74.5 Å². The summed E-state index contributed by atoms with van der Waals surface area (Å²) in [6.45, 7) is 15.0. The van der Waals surface area contributed by atoms with Gasteiger partial charge in [-0.2, -0.15) is 0 Å². The molecule has 0 aromatic heterocycles. The van der Waals surface area contributed by atoms with Crippen LogP contribution in [0.2, 0.25) is 0 Å². The minimum absolute atomic E-state index is 0.0997. The van der Waals surface area contributed by atoms with Crippen molar-refractivity contribution in [3.8, 4) is 0 Å². The third kappa shape index (κ3) is 8.29. The highest BCUT2D eigenvalue weighted by Crippen LogP contribution is 2.64. The van der Waals surface area contributed by atoms with Gasteiger partial charge in [-0.15, -0.1) is 0 Å². The number of carbonyl (C=O) groups is 5. The van der Waals surface area contributed by atoms with E-state index in [1.165, 1.54) is 20.8 Å². The maximum absolute atomic E-state index is 15.6. The van der Waals surface area contributed by atoms with E-state index >= 15 is 4.79 Å². The molecule has 338 valence electrons. The molecule has 1 saturated heterocycles. The Hall–Kier alpha value is -4.67. The highest BCUT2D eigenvalue weighted by atomic mass is 16.6. The number of hydrogen-bond donors (Lipinski definition) is 4. The Morgan fingerprint density at radius 1 is 0.952 bits per heavy atom. The second-order valence-electron chi connectivity index (χ2n) is 19.0. The number of carbonyl (C=O) groups excluding carboxylic acids is 5. The maximum Gasteiger partial charge on any atom is 0.408 e. The molecule has 0 unspecified atom stereocenters. The average Bonchev–Trinajstić information content (AvgIpc) is 3.17. The predicted molar refractivity (Wildman–Crippen MR) is 222 cm³/mol. The molecule has 2 aromatic rings. The van der Waals surface area contributed by atoms with E-state index in [1.807, 2.05) is 30.3 Å². The first-order chi connectivity index (χ1) is 28.9. The van der Waals surface area contributed by atoms with Crippen LogP contribution < -0.4 is 5.32 Å². The number of esters is 3. The van der Waals surface area contributed by atoms with E-state index in [4.69, 9.17) is 28.4 Å². The number of alkyl carbamates (subject to hydrolysis) is 1. The van der Waals surface area contributed by atoms with Gasteiger partial charge in [0.05, 0.1) is 43.0 Å². The smallest absolute Gasteiger partial charge is 0.408 e. The number of benzene rings is 2. The molecule has 1 heterocycles. The highest BCUT2D eigenvalue weighted by molar-refractivity contribution is 5.95. The van der Waals surface area contributed by atoms with Gasteiger partial charge in [-0.25, -0.2) is 4.79 Å². The Labute approximate surface area is 362 Å². The normalized spacial score (nSPS) is 32.8. The number of hydrogen-bond acceptors (Lipinski definition) is 14. The zero-order valence-corrected chi connectivity index (χ0v) is 37.1. The lowest BCUT2D eigenvalue weighted by Gasteiger charge is -2.67. The lowest BCUT2D eigenvalue weighted by molar-refractivity contribution is -0.351. The Kier molecular flexibility index (Phi) is 12.9. The lowest BCUT2D eigenvalue weighted by Crippen LogP contribution is -2.81. The summed E-state index contributed by atoms with van der Waals surface area (Å²) in [6.07, 6.45) is -9.62. The maximum atomic E-state index is 15.6. The van der Waals surface area contributed by atoms with Gasteiger partial charge in [-0.3, -0.25) is 19.2 Å². The fraction of sp³-hybridized carbons (Fsp3) is 0.596. The Bertz CT molecular complexity index is 2060. The van der Waals surface area contributed by atoms with Gasteiger partial charge in [0.25, 0.3) is 0 Å². The minimum Gasteiger partial charge on any atom is -0.457 e. The first-order valence-corrected chi connectivity index (χ1v) is 21.1. The number of rotatable bonds is 11. The van der Waals surface area contributed by atoms with Crippen molar-refractivity contribution in [2.45, 2.75) is 148 Å². The molecular weight excluding hydrogens is 803 g/mol. The summed E-state index contributed by atoms with van der Waals surface area (Å²) < 4.78 is 36.8. The van der Waals surface area contributed by atoms with E-state index in [0.717, 1.165) is 6.92 Å². The van der Waals surface area contributed by atoms with E-state index in [9.17, 15) is 34.5 Å². The number of ketones is 1. The Balaban J connectivity index is 1.54. The van der Waals surface area contributed by atoms with Crippen molar-refractivity contribution < 1.29 is 67.7 Å². The van der Waals surface area contributed by atoms with Crippen molar-refractivity contribution in [3.63, 3.8) is 0 Å². The van der Waals surface area contributed by atoms with Gasteiger partial charge in [0.2, 0.25) is 0 Å². The molecule has 2 bridgehead atoms. The predicted octanol–water partition coefficient (Wildman–Crippen LogP) is 4.83. The van der Waals surface area contributed by atoms with Crippen LogP contribution in [0.5, 0.6) is 0 Å². The first-order valence-electron chi connectivity index (χ1n) is 21.1. The second kappa shape index (κ2) is 17.1. The molecule has 3 aliphatic carbocycles. The molecular formula is C47H61NO14. The largest absolute Gasteiger partial charge is 0.457 e. The summed E-state index contributed by atoms with van der Waals surface area (Å²) >= 11 is 0. The second-order valence-corrected chi connectivity index (χ2v) is 19.0. The topological polar surface area (TPSA) is 213 Å². The molecule has 4 aliphatic rings. The van der Waals surface area contributed by atoms with Gasteiger partial charge < -0.3 is 49.1 Å². The third-order valence-corrected chi connectivity index (χ3v) is 13.5. The van der Waals surface area contributed by atoms with Crippen molar-refractivity contribution >= 4 is 29.8 Å². The van der Waals surface area contributed by atoms with Gasteiger partial charge >= 0.3 is 24.0 Å². The van der Waals surface area contributed by atoms with Crippen molar-refractivity contribution in [3.05, 3.63) is 82.9 Å². The molecule has 1 amide bonds. The van der Waals surface area contributed by atoms with Gasteiger partial charge in [0.15, 0.2) is 17.5 Å². The molecule has 15 nitrogen and oxygen atoms in total. The van der Waals surface area contributed by atoms with Crippen LogP contribution in [-0.4, -0.2) is 105 Å². The molecule has 1 aliphatic heterocycles. The number of amides is 1. The van der Waals surface area contributed by atoms with Crippen LogP contribution in [0.3, 0.4) is 0 Å². The standard InChI is InChI=1S/C47H61NO14/c1-25-31(60-41(54)34(26(2)49)36(30-19-15-12-16-20-30)48-42(55)62-43(5,6)7)22-47(56)40(57-23-29-17-13-11-14-18-29)38-45(10,32(52)21-33-46(38,24-58-33)61-28(4)51)39(53)37(59-27(3)50)35(25)44(47,8)9/h11-20,26,31-34,36-38,40,49,52,56H,21-24H2,1-10H3,(H,48,55)/t26-,31+,32+,33-,34-,36+,37-,38+,40+,45-,46+,47-/m1/s1.